The first-order chi connectivity index (χ1) is 10.2. The molecule has 2 rings (SSSR count). The summed E-state index contributed by atoms with van der Waals surface area (Å²) in [5.74, 6) is -0.653. The van der Waals surface area contributed by atoms with E-state index in [2.05, 4.69) is 10.4 Å². The third-order valence-electron chi connectivity index (χ3n) is 3.36. The van der Waals surface area contributed by atoms with Crippen molar-refractivity contribution in [2.24, 2.45) is 0 Å². The van der Waals surface area contributed by atoms with Gasteiger partial charge in [0.05, 0.1) is 6.04 Å². The molecule has 2 aromatic rings. The lowest BCUT2D eigenvalue weighted by molar-refractivity contribution is -0.141. The molecule has 7 heteroatoms. The van der Waals surface area contributed by atoms with E-state index in [1.807, 2.05) is 37.1 Å². The van der Waals surface area contributed by atoms with Gasteiger partial charge in [-0.25, -0.2) is 0 Å². The molecule has 1 atom stereocenters. The van der Waals surface area contributed by atoms with Crippen LogP contribution in [0.2, 0.25) is 0 Å². The van der Waals surface area contributed by atoms with Crippen LogP contribution >= 0.6 is 0 Å². The molecule has 0 bridgehead atoms. The summed E-state index contributed by atoms with van der Waals surface area (Å²) in [6, 6.07) is 6.15. The van der Waals surface area contributed by atoms with Crippen molar-refractivity contribution in [1.29, 1.82) is 0 Å². The number of aryl methyl sites for hydroxylation is 2. The molecule has 0 saturated heterocycles. The summed E-state index contributed by atoms with van der Waals surface area (Å²) in [6.45, 7) is 5.65. The largest absolute Gasteiger partial charge is 0.432 e. The number of hydrogen-bond acceptors (Lipinski definition) is 2. The number of hydrogen-bond donors (Lipinski definition) is 2. The highest BCUT2D eigenvalue weighted by molar-refractivity contribution is 5.92. The van der Waals surface area contributed by atoms with Crippen molar-refractivity contribution in [2.75, 3.05) is 0 Å². The second kappa shape index (κ2) is 5.82. The fourth-order valence-electron chi connectivity index (χ4n) is 2.24. The van der Waals surface area contributed by atoms with Crippen LogP contribution in [0.5, 0.6) is 0 Å². The Morgan fingerprint density at radius 1 is 1.27 bits per heavy atom. The standard InChI is InChI=1S/C15H16F3N3O/c1-8-4-5-11(9(2)6-8)10(3)19-14(22)12-7-13(21-20-12)15(16,17)18/h4-7,10H,1-3H3,(H,19,22)(H,20,21). The Morgan fingerprint density at radius 3 is 2.50 bits per heavy atom. The summed E-state index contributed by atoms with van der Waals surface area (Å²) in [6.07, 6.45) is -4.55. The van der Waals surface area contributed by atoms with Gasteiger partial charge in [0.2, 0.25) is 0 Å². The first kappa shape index (κ1) is 16.1. The molecule has 0 fully saturated rings. The molecule has 118 valence electrons. The number of carbonyl (C=O) groups excluding carboxylic acids is 1. The molecule has 0 aliphatic heterocycles. The van der Waals surface area contributed by atoms with Crippen LogP contribution in [0.3, 0.4) is 0 Å². The Bertz CT molecular complexity index is 692. The van der Waals surface area contributed by atoms with E-state index in [4.69, 9.17) is 0 Å². The lowest BCUT2D eigenvalue weighted by atomic mass is 10.0. The Balaban J connectivity index is 2.13. The normalized spacial score (nSPS) is 13.0. The fourth-order valence-corrected chi connectivity index (χ4v) is 2.24. The van der Waals surface area contributed by atoms with Crippen molar-refractivity contribution < 1.29 is 18.0 Å². The summed E-state index contributed by atoms with van der Waals surface area (Å²) in [5, 5.41) is 7.88. The minimum Gasteiger partial charge on any atom is -0.344 e. The highest BCUT2D eigenvalue weighted by Crippen LogP contribution is 2.27. The van der Waals surface area contributed by atoms with Crippen molar-refractivity contribution in [1.82, 2.24) is 15.5 Å². The molecule has 0 aliphatic carbocycles. The van der Waals surface area contributed by atoms with Gasteiger partial charge in [-0.3, -0.25) is 9.89 Å². The van der Waals surface area contributed by atoms with Crippen LogP contribution in [0.1, 0.15) is 45.8 Å². The summed E-state index contributed by atoms with van der Waals surface area (Å²) in [4.78, 5) is 12.0. The number of H-pyrrole nitrogens is 1. The van der Waals surface area contributed by atoms with Gasteiger partial charge in [-0.15, -0.1) is 0 Å². The van der Waals surface area contributed by atoms with Gasteiger partial charge < -0.3 is 5.32 Å². The minimum absolute atomic E-state index is 0.288. The molecule has 1 heterocycles. The molecule has 4 nitrogen and oxygen atoms in total. The number of amides is 1. The number of rotatable bonds is 3. The van der Waals surface area contributed by atoms with Gasteiger partial charge in [0, 0.05) is 6.07 Å². The molecule has 0 saturated carbocycles. The predicted molar refractivity (Wildman–Crippen MR) is 75.4 cm³/mol. The molecule has 22 heavy (non-hydrogen) atoms. The van der Waals surface area contributed by atoms with Crippen LogP contribution in [0.25, 0.3) is 0 Å². The van der Waals surface area contributed by atoms with Crippen molar-refractivity contribution in [2.45, 2.75) is 33.0 Å². The topological polar surface area (TPSA) is 57.8 Å². The fraction of sp³-hybridized carbons (Fsp3) is 0.333. The number of carbonyl (C=O) groups is 1. The second-order valence-electron chi connectivity index (χ2n) is 5.22. The van der Waals surface area contributed by atoms with Crippen molar-refractivity contribution in [3.8, 4) is 0 Å². The molecule has 1 aromatic heterocycles. The summed E-state index contributed by atoms with van der Waals surface area (Å²) < 4.78 is 37.4. The van der Waals surface area contributed by atoms with Crippen molar-refractivity contribution in [3.05, 3.63) is 52.3 Å². The number of nitrogens with one attached hydrogen (secondary N) is 2. The lowest BCUT2D eigenvalue weighted by Crippen LogP contribution is -2.27. The highest BCUT2D eigenvalue weighted by Gasteiger charge is 2.33. The average Bonchev–Trinajstić information content (AvgIpc) is 2.87. The van der Waals surface area contributed by atoms with Gasteiger partial charge in [-0.05, 0) is 31.9 Å². The van der Waals surface area contributed by atoms with E-state index in [1.165, 1.54) is 0 Å². The van der Waals surface area contributed by atoms with Crippen LogP contribution in [0.15, 0.2) is 24.3 Å². The molecular weight excluding hydrogens is 295 g/mol. The maximum atomic E-state index is 12.5. The predicted octanol–water partition coefficient (Wildman–Crippen LogP) is 3.54. The summed E-state index contributed by atoms with van der Waals surface area (Å²) in [7, 11) is 0. The average molecular weight is 311 g/mol. The van der Waals surface area contributed by atoms with E-state index < -0.39 is 17.8 Å². The first-order valence-electron chi connectivity index (χ1n) is 6.69. The van der Waals surface area contributed by atoms with Crippen LogP contribution in [0, 0.1) is 13.8 Å². The van der Waals surface area contributed by atoms with Gasteiger partial charge in [-0.2, -0.15) is 18.3 Å². The number of nitrogens with zero attached hydrogens (tertiary/aromatic N) is 1. The van der Waals surface area contributed by atoms with E-state index in [-0.39, 0.29) is 11.7 Å². The van der Waals surface area contributed by atoms with Crippen LogP contribution in [-0.4, -0.2) is 16.1 Å². The molecule has 2 N–H and O–H groups in total. The van der Waals surface area contributed by atoms with E-state index in [1.54, 1.807) is 6.92 Å². The number of alkyl halides is 3. The highest BCUT2D eigenvalue weighted by atomic mass is 19.4. The quantitative estimate of drug-likeness (QED) is 0.911. The molecule has 1 unspecified atom stereocenters. The Kier molecular flexibility index (Phi) is 4.25. The van der Waals surface area contributed by atoms with Gasteiger partial charge >= 0.3 is 6.18 Å². The van der Waals surface area contributed by atoms with Gasteiger partial charge in [0.15, 0.2) is 5.69 Å². The SMILES string of the molecule is Cc1ccc(C(C)NC(=O)c2cc(C(F)(F)F)[nH]n2)c(C)c1. The second-order valence-corrected chi connectivity index (χ2v) is 5.22. The van der Waals surface area contributed by atoms with Gasteiger partial charge in [0.1, 0.15) is 5.69 Å². The summed E-state index contributed by atoms with van der Waals surface area (Å²) in [5.41, 5.74) is 1.68. The van der Waals surface area contributed by atoms with E-state index in [0.717, 1.165) is 16.7 Å². The van der Waals surface area contributed by atoms with Gasteiger partial charge in [0.25, 0.3) is 5.91 Å². The third kappa shape index (κ3) is 3.47. The zero-order valence-corrected chi connectivity index (χ0v) is 12.4. The van der Waals surface area contributed by atoms with Gasteiger partial charge in [-0.1, -0.05) is 23.8 Å². The zero-order valence-electron chi connectivity index (χ0n) is 12.4. The monoisotopic (exact) mass is 311 g/mol. The van der Waals surface area contributed by atoms with E-state index in [9.17, 15) is 18.0 Å². The summed E-state index contributed by atoms with van der Waals surface area (Å²) >= 11 is 0. The number of aromatic amines is 1. The van der Waals surface area contributed by atoms with Crippen LogP contribution < -0.4 is 5.32 Å². The lowest BCUT2D eigenvalue weighted by Gasteiger charge is -2.16. The first-order valence-corrected chi connectivity index (χ1v) is 6.69. The third-order valence-corrected chi connectivity index (χ3v) is 3.36. The smallest absolute Gasteiger partial charge is 0.344 e. The Hall–Kier alpha value is -2.31. The number of benzene rings is 1. The molecule has 0 radical (unpaired) electrons. The molecule has 1 aromatic carbocycles. The van der Waals surface area contributed by atoms with Crippen molar-refractivity contribution in [3.63, 3.8) is 0 Å². The van der Waals surface area contributed by atoms with E-state index >= 15 is 0 Å². The maximum Gasteiger partial charge on any atom is 0.432 e. The Morgan fingerprint density at radius 2 is 1.95 bits per heavy atom. The van der Waals surface area contributed by atoms with E-state index in [0.29, 0.717) is 6.07 Å². The number of halogens is 3. The minimum atomic E-state index is -4.55. The molecule has 0 spiro atoms. The van der Waals surface area contributed by atoms with Crippen molar-refractivity contribution >= 4 is 5.91 Å². The molecular formula is C15H16F3N3O. The van der Waals surface area contributed by atoms with Crippen LogP contribution in [-0.2, 0) is 6.18 Å². The zero-order chi connectivity index (χ0) is 16.5. The van der Waals surface area contributed by atoms with Crippen LogP contribution in [0.4, 0.5) is 13.2 Å². The molecule has 0 aliphatic rings. The Labute approximate surface area is 125 Å². The molecule has 1 amide bonds. The number of aromatic nitrogens is 2. The maximum absolute atomic E-state index is 12.5.